The molecule has 2 N–H and O–H groups in total. The van der Waals surface area contributed by atoms with Gasteiger partial charge in [-0.3, -0.25) is 0 Å². The summed E-state index contributed by atoms with van der Waals surface area (Å²) in [5.74, 6) is 0.930. The van der Waals surface area contributed by atoms with Crippen LogP contribution < -0.4 is 10.6 Å². The second-order valence-electron chi connectivity index (χ2n) is 6.30. The number of carbonyl (C=O) groups excluding carboxylic acids is 1. The van der Waals surface area contributed by atoms with E-state index in [0.717, 1.165) is 11.3 Å². The van der Waals surface area contributed by atoms with Crippen LogP contribution in [-0.4, -0.2) is 16.2 Å². The molecule has 0 spiro atoms. The topological polar surface area (TPSA) is 80.0 Å². The van der Waals surface area contributed by atoms with Crippen LogP contribution in [0.25, 0.3) is 0 Å². The number of urea groups is 1. The molecule has 0 saturated carbocycles. The van der Waals surface area contributed by atoms with Gasteiger partial charge in [0.05, 0.1) is 0 Å². The van der Waals surface area contributed by atoms with Crippen LogP contribution in [0, 0.1) is 6.92 Å². The van der Waals surface area contributed by atoms with Crippen LogP contribution in [0.1, 0.15) is 51.0 Å². The summed E-state index contributed by atoms with van der Waals surface area (Å²) in [7, 11) is 0. The van der Waals surface area contributed by atoms with Gasteiger partial charge in [-0.25, -0.2) is 4.79 Å². The molecule has 0 radical (unpaired) electrons. The van der Waals surface area contributed by atoms with E-state index in [4.69, 9.17) is 4.52 Å². The third-order valence-electron chi connectivity index (χ3n) is 3.24. The first kappa shape index (κ1) is 16.0. The largest absolute Gasteiger partial charge is 0.337 e. The molecule has 0 aliphatic carbocycles. The monoisotopic (exact) mass is 302 g/mol. The summed E-state index contributed by atoms with van der Waals surface area (Å²) in [5, 5.41) is 9.39. The maximum absolute atomic E-state index is 12.2. The second kappa shape index (κ2) is 6.17. The third kappa shape index (κ3) is 3.84. The summed E-state index contributed by atoms with van der Waals surface area (Å²) in [6.45, 7) is 9.85. The van der Waals surface area contributed by atoms with Crippen molar-refractivity contribution in [3.63, 3.8) is 0 Å². The van der Waals surface area contributed by atoms with Crippen molar-refractivity contribution >= 4 is 11.7 Å². The molecule has 1 heterocycles. The Morgan fingerprint density at radius 1 is 1.27 bits per heavy atom. The zero-order valence-electron chi connectivity index (χ0n) is 13.6. The summed E-state index contributed by atoms with van der Waals surface area (Å²) in [6, 6.07) is 7.11. The van der Waals surface area contributed by atoms with Crippen LogP contribution >= 0.6 is 0 Å². The highest BCUT2D eigenvalue weighted by Crippen LogP contribution is 2.29. The summed E-state index contributed by atoms with van der Waals surface area (Å²) in [4.78, 5) is 16.3. The lowest BCUT2D eigenvalue weighted by Gasteiger charge is -2.23. The van der Waals surface area contributed by atoms with Gasteiger partial charge in [-0.2, -0.15) is 4.98 Å². The molecule has 0 aliphatic heterocycles. The standard InChI is InChI=1S/C16H22N4O2/c1-10(14-18-11(2)20-22-14)17-15(21)19-13-9-7-6-8-12(13)16(3,4)5/h6-10H,1-5H3,(H2,17,19,21). The highest BCUT2D eigenvalue weighted by Gasteiger charge is 2.20. The minimum Gasteiger partial charge on any atom is -0.337 e. The van der Waals surface area contributed by atoms with Gasteiger partial charge in [0.25, 0.3) is 0 Å². The first-order valence-electron chi connectivity index (χ1n) is 7.24. The summed E-state index contributed by atoms with van der Waals surface area (Å²) < 4.78 is 5.05. The van der Waals surface area contributed by atoms with Crippen LogP contribution in [0.3, 0.4) is 0 Å². The molecule has 1 atom stereocenters. The van der Waals surface area contributed by atoms with Gasteiger partial charge in [0, 0.05) is 5.69 Å². The lowest BCUT2D eigenvalue weighted by atomic mass is 9.86. The third-order valence-corrected chi connectivity index (χ3v) is 3.24. The molecule has 1 unspecified atom stereocenters. The minimum atomic E-state index is -0.358. The average molecular weight is 302 g/mol. The second-order valence-corrected chi connectivity index (χ2v) is 6.30. The SMILES string of the molecule is Cc1noc(C(C)NC(=O)Nc2ccccc2C(C)(C)C)n1. The molecule has 2 aromatic rings. The van der Waals surface area contributed by atoms with Gasteiger partial charge in [0.2, 0.25) is 5.89 Å². The Kier molecular flexibility index (Phi) is 4.49. The lowest BCUT2D eigenvalue weighted by Crippen LogP contribution is -2.32. The van der Waals surface area contributed by atoms with Crippen LogP contribution in [0.15, 0.2) is 28.8 Å². The van der Waals surface area contributed by atoms with Crippen molar-refractivity contribution in [2.24, 2.45) is 0 Å². The molecule has 6 nitrogen and oxygen atoms in total. The average Bonchev–Trinajstić information content (AvgIpc) is 2.84. The highest BCUT2D eigenvalue weighted by atomic mass is 16.5. The Morgan fingerprint density at radius 3 is 2.55 bits per heavy atom. The number of para-hydroxylation sites is 1. The summed E-state index contributed by atoms with van der Waals surface area (Å²) in [6.07, 6.45) is 0. The molecular formula is C16H22N4O2. The predicted molar refractivity (Wildman–Crippen MR) is 84.7 cm³/mol. The Hall–Kier alpha value is -2.37. The number of aryl methyl sites for hydroxylation is 1. The minimum absolute atomic E-state index is 0.0565. The maximum atomic E-state index is 12.2. The number of benzene rings is 1. The van der Waals surface area contributed by atoms with Crippen molar-refractivity contribution in [2.45, 2.75) is 46.1 Å². The molecule has 6 heteroatoms. The van der Waals surface area contributed by atoms with Gasteiger partial charge in [0.1, 0.15) is 6.04 Å². The molecule has 0 saturated heterocycles. The fraction of sp³-hybridized carbons (Fsp3) is 0.438. The van der Waals surface area contributed by atoms with E-state index in [9.17, 15) is 4.79 Å². The molecule has 2 rings (SSSR count). The molecule has 2 amide bonds. The van der Waals surface area contributed by atoms with E-state index in [-0.39, 0.29) is 17.5 Å². The van der Waals surface area contributed by atoms with Crippen molar-refractivity contribution in [3.05, 3.63) is 41.5 Å². The number of hydrogen-bond acceptors (Lipinski definition) is 4. The Balaban J connectivity index is 2.07. The van der Waals surface area contributed by atoms with Gasteiger partial charge < -0.3 is 15.2 Å². The zero-order valence-corrected chi connectivity index (χ0v) is 13.6. The van der Waals surface area contributed by atoms with Gasteiger partial charge >= 0.3 is 6.03 Å². The molecule has 1 aromatic heterocycles. The highest BCUT2D eigenvalue weighted by molar-refractivity contribution is 5.90. The molecule has 0 aliphatic rings. The molecule has 0 bridgehead atoms. The molecule has 22 heavy (non-hydrogen) atoms. The number of aromatic nitrogens is 2. The van der Waals surface area contributed by atoms with Crippen molar-refractivity contribution in [3.8, 4) is 0 Å². The van der Waals surface area contributed by atoms with Crippen LogP contribution in [-0.2, 0) is 5.41 Å². The van der Waals surface area contributed by atoms with E-state index in [1.807, 2.05) is 24.3 Å². The van der Waals surface area contributed by atoms with E-state index >= 15 is 0 Å². The summed E-state index contributed by atoms with van der Waals surface area (Å²) in [5.41, 5.74) is 1.81. The van der Waals surface area contributed by atoms with E-state index in [1.54, 1.807) is 13.8 Å². The first-order chi connectivity index (χ1) is 10.3. The Labute approximate surface area is 130 Å². The van der Waals surface area contributed by atoms with Gasteiger partial charge in [-0.15, -0.1) is 0 Å². The van der Waals surface area contributed by atoms with Crippen LogP contribution in [0.4, 0.5) is 10.5 Å². The van der Waals surface area contributed by atoms with Crippen LogP contribution in [0.2, 0.25) is 0 Å². The van der Waals surface area contributed by atoms with Gasteiger partial charge in [-0.05, 0) is 30.9 Å². The number of amides is 2. The smallest absolute Gasteiger partial charge is 0.319 e. The quantitative estimate of drug-likeness (QED) is 0.908. The van der Waals surface area contributed by atoms with Crippen molar-refractivity contribution < 1.29 is 9.32 Å². The number of anilines is 1. The number of rotatable bonds is 3. The molecular weight excluding hydrogens is 280 g/mol. The number of nitrogens with one attached hydrogen (secondary N) is 2. The Bertz CT molecular complexity index is 658. The molecule has 0 fully saturated rings. The normalized spacial score (nSPS) is 12.8. The lowest BCUT2D eigenvalue weighted by molar-refractivity contribution is 0.245. The zero-order chi connectivity index (χ0) is 16.3. The number of hydrogen-bond donors (Lipinski definition) is 2. The van der Waals surface area contributed by atoms with Crippen molar-refractivity contribution in [1.82, 2.24) is 15.5 Å². The van der Waals surface area contributed by atoms with Crippen molar-refractivity contribution in [2.75, 3.05) is 5.32 Å². The van der Waals surface area contributed by atoms with E-state index < -0.39 is 0 Å². The first-order valence-corrected chi connectivity index (χ1v) is 7.24. The van der Waals surface area contributed by atoms with Gasteiger partial charge in [-0.1, -0.05) is 44.1 Å². The van der Waals surface area contributed by atoms with E-state index in [2.05, 4.69) is 41.5 Å². The fourth-order valence-electron chi connectivity index (χ4n) is 2.15. The number of nitrogens with zero attached hydrogens (tertiary/aromatic N) is 2. The molecule has 1 aromatic carbocycles. The van der Waals surface area contributed by atoms with Crippen molar-refractivity contribution in [1.29, 1.82) is 0 Å². The van der Waals surface area contributed by atoms with Crippen LogP contribution in [0.5, 0.6) is 0 Å². The van der Waals surface area contributed by atoms with E-state index in [1.165, 1.54) is 0 Å². The summed E-state index contributed by atoms with van der Waals surface area (Å²) >= 11 is 0. The van der Waals surface area contributed by atoms with E-state index in [0.29, 0.717) is 11.7 Å². The maximum Gasteiger partial charge on any atom is 0.319 e. The predicted octanol–water partition coefficient (Wildman–Crippen LogP) is 3.56. The molecule has 118 valence electrons. The Morgan fingerprint density at radius 2 is 1.95 bits per heavy atom. The van der Waals surface area contributed by atoms with Gasteiger partial charge in [0.15, 0.2) is 5.82 Å². The fourth-order valence-corrected chi connectivity index (χ4v) is 2.15. The number of carbonyl (C=O) groups is 1.